The molecule has 0 unspecified atom stereocenters. The summed E-state index contributed by atoms with van der Waals surface area (Å²) in [5.41, 5.74) is 3.13. The van der Waals surface area contributed by atoms with Gasteiger partial charge in [-0.2, -0.15) is 0 Å². The first kappa shape index (κ1) is 12.3. The van der Waals surface area contributed by atoms with Gasteiger partial charge in [0, 0.05) is 18.9 Å². The van der Waals surface area contributed by atoms with Crippen molar-refractivity contribution in [1.82, 2.24) is 4.57 Å². The van der Waals surface area contributed by atoms with Crippen LogP contribution in [0.3, 0.4) is 0 Å². The molecule has 0 bridgehead atoms. The molecule has 1 aliphatic rings. The van der Waals surface area contributed by atoms with Gasteiger partial charge in [0.25, 0.3) is 0 Å². The van der Waals surface area contributed by atoms with Crippen molar-refractivity contribution in [3.63, 3.8) is 0 Å². The highest BCUT2D eigenvalue weighted by Gasteiger charge is 2.11. The van der Waals surface area contributed by atoms with Gasteiger partial charge in [-0.25, -0.2) is 0 Å². The first-order valence-corrected chi connectivity index (χ1v) is 7.27. The van der Waals surface area contributed by atoms with Gasteiger partial charge in [-0.3, -0.25) is 0 Å². The number of aromatic nitrogens is 1. The summed E-state index contributed by atoms with van der Waals surface area (Å²) in [5, 5.41) is 0. The van der Waals surface area contributed by atoms with E-state index in [0.29, 0.717) is 0 Å². The van der Waals surface area contributed by atoms with Crippen LogP contribution in [0.5, 0.6) is 5.75 Å². The molecule has 1 aromatic carbocycles. The minimum atomic E-state index is 0.785. The Morgan fingerprint density at radius 2 is 1.63 bits per heavy atom. The summed E-state index contributed by atoms with van der Waals surface area (Å²) in [5.74, 6) is 0.967. The Labute approximate surface area is 115 Å². The monoisotopic (exact) mass is 255 g/mol. The normalized spacial score (nSPS) is 14.1. The van der Waals surface area contributed by atoms with Gasteiger partial charge in [-0.05, 0) is 55.4 Å². The van der Waals surface area contributed by atoms with Crippen LogP contribution in [-0.2, 0) is 19.4 Å². The maximum atomic E-state index is 5.72. The summed E-state index contributed by atoms with van der Waals surface area (Å²) in [6.07, 6.45) is 11.0. The van der Waals surface area contributed by atoms with Crippen LogP contribution in [-0.4, -0.2) is 11.2 Å². The molecular weight excluding hydrogens is 234 g/mol. The van der Waals surface area contributed by atoms with Crippen molar-refractivity contribution in [3.05, 3.63) is 53.9 Å². The fourth-order valence-corrected chi connectivity index (χ4v) is 2.77. The highest BCUT2D eigenvalue weighted by molar-refractivity contribution is 5.26. The van der Waals surface area contributed by atoms with E-state index in [2.05, 4.69) is 17.0 Å². The van der Waals surface area contributed by atoms with Crippen molar-refractivity contribution in [2.24, 2.45) is 0 Å². The Morgan fingerprint density at radius 1 is 0.947 bits per heavy atom. The van der Waals surface area contributed by atoms with Crippen molar-refractivity contribution in [2.45, 2.75) is 38.6 Å². The zero-order chi connectivity index (χ0) is 12.9. The highest BCUT2D eigenvalue weighted by Crippen LogP contribution is 2.22. The summed E-state index contributed by atoms with van der Waals surface area (Å²) in [6.45, 7) is 1.84. The van der Waals surface area contributed by atoms with Crippen molar-refractivity contribution >= 4 is 0 Å². The molecule has 0 radical (unpaired) electrons. The smallest absolute Gasteiger partial charge is 0.119 e. The first-order chi connectivity index (χ1) is 9.42. The van der Waals surface area contributed by atoms with E-state index in [1.165, 1.54) is 25.7 Å². The number of hydrogen-bond acceptors (Lipinski definition) is 1. The fourth-order valence-electron chi connectivity index (χ4n) is 2.77. The predicted octanol–water partition coefficient (Wildman–Crippen LogP) is 3.84. The van der Waals surface area contributed by atoms with E-state index in [1.54, 1.807) is 11.1 Å². The maximum Gasteiger partial charge on any atom is 0.119 e. The zero-order valence-electron chi connectivity index (χ0n) is 11.3. The number of ether oxygens (including phenoxy) is 1. The number of nitrogens with zero attached hydrogens (tertiary/aromatic N) is 1. The molecule has 0 atom stereocenters. The summed E-state index contributed by atoms with van der Waals surface area (Å²) < 4.78 is 8.05. The molecule has 2 heteroatoms. The summed E-state index contributed by atoms with van der Waals surface area (Å²) >= 11 is 0. The van der Waals surface area contributed by atoms with Crippen molar-refractivity contribution < 1.29 is 4.74 Å². The van der Waals surface area contributed by atoms with Gasteiger partial charge in [0.2, 0.25) is 0 Å². The Bertz CT molecular complexity index is 492. The molecule has 0 fully saturated rings. The molecule has 0 saturated carbocycles. The molecule has 0 spiro atoms. The van der Waals surface area contributed by atoms with E-state index >= 15 is 0 Å². The lowest BCUT2D eigenvalue weighted by Crippen LogP contribution is -2.02. The van der Waals surface area contributed by atoms with Gasteiger partial charge in [0.05, 0.1) is 6.61 Å². The summed E-state index contributed by atoms with van der Waals surface area (Å²) in [4.78, 5) is 0. The maximum absolute atomic E-state index is 5.72. The Hall–Kier alpha value is -1.70. The van der Waals surface area contributed by atoms with Crippen LogP contribution < -0.4 is 4.74 Å². The van der Waals surface area contributed by atoms with Crippen LogP contribution in [0.4, 0.5) is 0 Å². The SMILES string of the molecule is c1ccc(OCCCn2cc3c(c2)CCCC3)cc1. The highest BCUT2D eigenvalue weighted by atomic mass is 16.5. The third kappa shape index (κ3) is 3.19. The fraction of sp³-hybridized carbons (Fsp3) is 0.412. The van der Waals surface area contributed by atoms with Gasteiger partial charge in [-0.15, -0.1) is 0 Å². The topological polar surface area (TPSA) is 14.2 Å². The molecular formula is C17H21NO. The second-order valence-electron chi connectivity index (χ2n) is 5.27. The average Bonchev–Trinajstić information content (AvgIpc) is 2.87. The Kier molecular flexibility index (Phi) is 3.87. The standard InChI is InChI=1S/C17H21NO/c1-2-9-17(10-3-1)19-12-6-11-18-13-15-7-4-5-8-16(15)14-18/h1-3,9-10,13-14H,4-8,11-12H2. The number of aryl methyl sites for hydroxylation is 3. The molecule has 1 heterocycles. The minimum absolute atomic E-state index is 0.785. The molecule has 1 aliphatic carbocycles. The summed E-state index contributed by atoms with van der Waals surface area (Å²) in [6, 6.07) is 10.0. The summed E-state index contributed by atoms with van der Waals surface area (Å²) in [7, 11) is 0. The number of hydrogen-bond donors (Lipinski definition) is 0. The lowest BCUT2D eigenvalue weighted by atomic mass is 9.96. The van der Waals surface area contributed by atoms with Crippen molar-refractivity contribution in [3.8, 4) is 5.75 Å². The van der Waals surface area contributed by atoms with Crippen molar-refractivity contribution in [2.75, 3.05) is 6.61 Å². The lowest BCUT2D eigenvalue weighted by molar-refractivity contribution is 0.302. The Balaban J connectivity index is 1.46. The lowest BCUT2D eigenvalue weighted by Gasteiger charge is -2.08. The molecule has 0 N–H and O–H groups in total. The third-order valence-corrected chi connectivity index (χ3v) is 3.77. The Morgan fingerprint density at radius 3 is 2.32 bits per heavy atom. The van der Waals surface area contributed by atoms with E-state index in [-0.39, 0.29) is 0 Å². The molecule has 2 aromatic rings. The number of benzene rings is 1. The van der Waals surface area contributed by atoms with Gasteiger partial charge < -0.3 is 9.30 Å². The second kappa shape index (κ2) is 5.96. The van der Waals surface area contributed by atoms with Gasteiger partial charge in [0.15, 0.2) is 0 Å². The van der Waals surface area contributed by atoms with Crippen LogP contribution in [0, 0.1) is 0 Å². The average molecular weight is 255 g/mol. The van der Waals surface area contributed by atoms with Gasteiger partial charge >= 0.3 is 0 Å². The van der Waals surface area contributed by atoms with Crippen LogP contribution >= 0.6 is 0 Å². The zero-order valence-corrected chi connectivity index (χ0v) is 11.3. The number of para-hydroxylation sites is 1. The number of rotatable bonds is 5. The van der Waals surface area contributed by atoms with Crippen LogP contribution in [0.2, 0.25) is 0 Å². The minimum Gasteiger partial charge on any atom is -0.494 e. The van der Waals surface area contributed by atoms with Crippen LogP contribution in [0.15, 0.2) is 42.7 Å². The molecule has 2 nitrogen and oxygen atoms in total. The number of fused-ring (bicyclic) bond motifs is 1. The second-order valence-corrected chi connectivity index (χ2v) is 5.27. The van der Waals surface area contributed by atoms with E-state index in [1.807, 2.05) is 30.3 Å². The van der Waals surface area contributed by atoms with E-state index in [0.717, 1.165) is 25.3 Å². The molecule has 1 aromatic heterocycles. The first-order valence-electron chi connectivity index (χ1n) is 7.27. The van der Waals surface area contributed by atoms with Crippen LogP contribution in [0.25, 0.3) is 0 Å². The molecule has 3 rings (SSSR count). The largest absolute Gasteiger partial charge is 0.494 e. The third-order valence-electron chi connectivity index (χ3n) is 3.77. The van der Waals surface area contributed by atoms with Gasteiger partial charge in [0.1, 0.15) is 5.75 Å². The van der Waals surface area contributed by atoms with E-state index in [9.17, 15) is 0 Å². The molecule has 0 saturated heterocycles. The molecule has 0 aliphatic heterocycles. The molecule has 19 heavy (non-hydrogen) atoms. The predicted molar refractivity (Wildman–Crippen MR) is 77.6 cm³/mol. The molecule has 0 amide bonds. The van der Waals surface area contributed by atoms with Gasteiger partial charge in [-0.1, -0.05) is 18.2 Å². The van der Waals surface area contributed by atoms with E-state index in [4.69, 9.17) is 4.74 Å². The van der Waals surface area contributed by atoms with Crippen LogP contribution in [0.1, 0.15) is 30.4 Å². The van der Waals surface area contributed by atoms with Crippen molar-refractivity contribution in [1.29, 1.82) is 0 Å². The quantitative estimate of drug-likeness (QED) is 0.740. The molecule has 100 valence electrons. The van der Waals surface area contributed by atoms with E-state index < -0.39 is 0 Å².